The number of likely N-dealkylation sites (N-methyl/N-ethyl adjacent to an activating group) is 1. The lowest BCUT2D eigenvalue weighted by atomic mass is 10.0. The van der Waals surface area contributed by atoms with E-state index in [1.54, 1.807) is 0 Å². The Bertz CT molecular complexity index is 504. The zero-order valence-corrected chi connectivity index (χ0v) is 10.6. The first-order chi connectivity index (χ1) is 8.15. The Morgan fingerprint density at radius 3 is 2.76 bits per heavy atom. The smallest absolute Gasteiger partial charge is 0.0960 e. The summed E-state index contributed by atoms with van der Waals surface area (Å²) in [4.78, 5) is 0. The molecule has 2 aromatic rings. The van der Waals surface area contributed by atoms with Gasteiger partial charge in [0, 0.05) is 35.8 Å². The van der Waals surface area contributed by atoms with E-state index in [1.807, 2.05) is 39.2 Å². The summed E-state index contributed by atoms with van der Waals surface area (Å²) < 4.78 is 2.06. The van der Waals surface area contributed by atoms with Gasteiger partial charge in [0.15, 0.2) is 0 Å². The molecule has 0 spiro atoms. The minimum absolute atomic E-state index is 0.0609. The van der Waals surface area contributed by atoms with Crippen LogP contribution in [0.5, 0.6) is 0 Å². The number of fused-ring (bicyclic) bond motifs is 1. The van der Waals surface area contributed by atoms with Gasteiger partial charge in [-0.25, -0.2) is 0 Å². The zero-order chi connectivity index (χ0) is 12.4. The highest BCUT2D eigenvalue weighted by Gasteiger charge is 2.19. The molecule has 2 atom stereocenters. The summed E-state index contributed by atoms with van der Waals surface area (Å²) in [5.41, 5.74) is 2.15. The molecule has 0 fully saturated rings. The van der Waals surface area contributed by atoms with E-state index < -0.39 is 6.10 Å². The third kappa shape index (κ3) is 2.21. The second-order valence-corrected chi connectivity index (χ2v) is 4.50. The second-order valence-electron chi connectivity index (χ2n) is 4.50. The number of rotatable bonds is 4. The molecular weight excluding hydrogens is 212 g/mol. The number of aliphatic hydroxyl groups excluding tert-OH is 1. The van der Waals surface area contributed by atoms with Crippen LogP contribution >= 0.6 is 0 Å². The molecule has 2 N–H and O–H groups in total. The summed E-state index contributed by atoms with van der Waals surface area (Å²) in [5.74, 6) is 0. The average Bonchev–Trinajstić information content (AvgIpc) is 2.67. The van der Waals surface area contributed by atoms with Crippen molar-refractivity contribution in [2.75, 3.05) is 6.54 Å². The highest BCUT2D eigenvalue weighted by Crippen LogP contribution is 2.27. The van der Waals surface area contributed by atoms with Crippen LogP contribution in [0.2, 0.25) is 0 Å². The lowest BCUT2D eigenvalue weighted by Gasteiger charge is -2.19. The molecule has 92 valence electrons. The Labute approximate surface area is 102 Å². The quantitative estimate of drug-likeness (QED) is 0.848. The number of benzene rings is 1. The third-order valence-electron chi connectivity index (χ3n) is 3.25. The van der Waals surface area contributed by atoms with E-state index >= 15 is 0 Å². The van der Waals surface area contributed by atoms with Gasteiger partial charge in [-0.3, -0.25) is 0 Å². The summed E-state index contributed by atoms with van der Waals surface area (Å²) in [5, 5.41) is 14.7. The number of hydrogen-bond donors (Lipinski definition) is 2. The van der Waals surface area contributed by atoms with Crippen molar-refractivity contribution in [2.24, 2.45) is 7.05 Å². The second kappa shape index (κ2) is 4.90. The summed E-state index contributed by atoms with van der Waals surface area (Å²) in [6, 6.07) is 8.23. The predicted molar refractivity (Wildman–Crippen MR) is 71.0 cm³/mol. The van der Waals surface area contributed by atoms with E-state index in [9.17, 15) is 5.11 Å². The Hall–Kier alpha value is -1.32. The van der Waals surface area contributed by atoms with Gasteiger partial charge in [0.1, 0.15) is 0 Å². The first-order valence-corrected chi connectivity index (χ1v) is 6.10. The molecule has 0 saturated heterocycles. The van der Waals surface area contributed by atoms with Gasteiger partial charge in [-0.2, -0.15) is 0 Å². The molecule has 3 heteroatoms. The number of nitrogens with zero attached hydrogens (tertiary/aromatic N) is 1. The van der Waals surface area contributed by atoms with Crippen LogP contribution in [0, 0.1) is 0 Å². The highest BCUT2D eigenvalue weighted by atomic mass is 16.3. The van der Waals surface area contributed by atoms with Crippen LogP contribution in [0.1, 0.15) is 25.5 Å². The van der Waals surface area contributed by atoms with Crippen molar-refractivity contribution in [3.05, 3.63) is 36.0 Å². The van der Waals surface area contributed by atoms with Crippen LogP contribution in [-0.4, -0.2) is 22.3 Å². The molecule has 1 aromatic heterocycles. The fourth-order valence-corrected chi connectivity index (χ4v) is 2.31. The zero-order valence-electron chi connectivity index (χ0n) is 10.6. The minimum Gasteiger partial charge on any atom is -0.387 e. The molecule has 0 radical (unpaired) electrons. The number of aromatic nitrogens is 1. The van der Waals surface area contributed by atoms with Gasteiger partial charge in [-0.05, 0) is 19.5 Å². The van der Waals surface area contributed by atoms with Crippen LogP contribution in [-0.2, 0) is 7.05 Å². The Morgan fingerprint density at radius 2 is 2.06 bits per heavy atom. The van der Waals surface area contributed by atoms with Gasteiger partial charge in [-0.15, -0.1) is 0 Å². The van der Waals surface area contributed by atoms with Gasteiger partial charge in [-0.1, -0.05) is 25.1 Å². The highest BCUT2D eigenvalue weighted by molar-refractivity contribution is 5.84. The summed E-state index contributed by atoms with van der Waals surface area (Å²) >= 11 is 0. The largest absolute Gasteiger partial charge is 0.387 e. The number of nitrogens with one attached hydrogen (secondary N) is 1. The van der Waals surface area contributed by atoms with Crippen LogP contribution < -0.4 is 5.32 Å². The van der Waals surface area contributed by atoms with Crippen molar-refractivity contribution in [1.29, 1.82) is 0 Å². The van der Waals surface area contributed by atoms with Crippen LogP contribution in [0.3, 0.4) is 0 Å². The third-order valence-corrected chi connectivity index (χ3v) is 3.25. The normalized spacial score (nSPS) is 15.1. The van der Waals surface area contributed by atoms with E-state index in [-0.39, 0.29) is 6.04 Å². The summed E-state index contributed by atoms with van der Waals surface area (Å²) in [6.07, 6.45) is 1.55. The van der Waals surface area contributed by atoms with Crippen molar-refractivity contribution in [3.63, 3.8) is 0 Å². The van der Waals surface area contributed by atoms with Crippen molar-refractivity contribution in [1.82, 2.24) is 9.88 Å². The van der Waals surface area contributed by atoms with Gasteiger partial charge < -0.3 is 15.0 Å². The van der Waals surface area contributed by atoms with Crippen LogP contribution in [0.4, 0.5) is 0 Å². The molecule has 2 rings (SSSR count). The Morgan fingerprint density at radius 1 is 1.35 bits per heavy atom. The molecule has 0 aliphatic rings. The SMILES string of the molecule is CCNC(C)C(O)c1cn(C)c2ccccc12. The maximum absolute atomic E-state index is 10.4. The van der Waals surface area contributed by atoms with Gasteiger partial charge >= 0.3 is 0 Å². The molecule has 1 heterocycles. The molecule has 0 amide bonds. The Kier molecular flexibility index (Phi) is 3.50. The van der Waals surface area contributed by atoms with Crippen LogP contribution in [0.25, 0.3) is 10.9 Å². The Balaban J connectivity index is 2.41. The van der Waals surface area contributed by atoms with Gasteiger partial charge in [0.05, 0.1) is 6.10 Å². The molecule has 3 nitrogen and oxygen atoms in total. The van der Waals surface area contributed by atoms with Gasteiger partial charge in [0.25, 0.3) is 0 Å². The molecule has 0 saturated carbocycles. The molecule has 0 bridgehead atoms. The van der Waals surface area contributed by atoms with E-state index in [1.165, 1.54) is 0 Å². The van der Waals surface area contributed by atoms with Crippen molar-refractivity contribution in [3.8, 4) is 0 Å². The van der Waals surface area contributed by atoms with Gasteiger partial charge in [0.2, 0.25) is 0 Å². The minimum atomic E-state index is -0.471. The number of aryl methyl sites for hydroxylation is 1. The van der Waals surface area contributed by atoms with E-state index in [0.29, 0.717) is 0 Å². The number of aliphatic hydroxyl groups is 1. The molecule has 17 heavy (non-hydrogen) atoms. The molecule has 0 aliphatic carbocycles. The van der Waals surface area contributed by atoms with E-state index in [0.717, 1.165) is 23.0 Å². The van der Waals surface area contributed by atoms with Crippen molar-refractivity contribution >= 4 is 10.9 Å². The fraction of sp³-hybridized carbons (Fsp3) is 0.429. The average molecular weight is 232 g/mol. The number of hydrogen-bond acceptors (Lipinski definition) is 2. The number of para-hydroxylation sites is 1. The molecule has 1 aromatic carbocycles. The van der Waals surface area contributed by atoms with Crippen LogP contribution in [0.15, 0.2) is 30.5 Å². The standard InChI is InChI=1S/C14H20N2O/c1-4-15-10(2)14(17)12-9-16(3)13-8-6-5-7-11(12)13/h5-10,14-15,17H,4H2,1-3H3. The maximum Gasteiger partial charge on any atom is 0.0960 e. The van der Waals surface area contributed by atoms with Crippen molar-refractivity contribution < 1.29 is 5.11 Å². The van der Waals surface area contributed by atoms with Crippen molar-refractivity contribution in [2.45, 2.75) is 26.0 Å². The first kappa shape index (κ1) is 12.1. The maximum atomic E-state index is 10.4. The fourth-order valence-electron chi connectivity index (χ4n) is 2.31. The first-order valence-electron chi connectivity index (χ1n) is 6.10. The topological polar surface area (TPSA) is 37.2 Å². The summed E-state index contributed by atoms with van der Waals surface area (Å²) in [7, 11) is 2.01. The molecule has 0 aliphatic heterocycles. The monoisotopic (exact) mass is 232 g/mol. The van der Waals surface area contributed by atoms with E-state index in [4.69, 9.17) is 0 Å². The lowest BCUT2D eigenvalue weighted by molar-refractivity contribution is 0.138. The predicted octanol–water partition coefficient (Wildman–Crippen LogP) is 2.21. The molecule has 2 unspecified atom stereocenters. The summed E-state index contributed by atoms with van der Waals surface area (Å²) in [6.45, 7) is 4.92. The van der Waals surface area contributed by atoms with E-state index in [2.05, 4.69) is 22.0 Å². The molecular formula is C14H20N2O. The lowest BCUT2D eigenvalue weighted by Crippen LogP contribution is -2.31.